The van der Waals surface area contributed by atoms with Gasteiger partial charge in [0, 0.05) is 38.8 Å². The van der Waals surface area contributed by atoms with Gasteiger partial charge in [-0.25, -0.2) is 0 Å². The third-order valence-corrected chi connectivity index (χ3v) is 4.69. The predicted molar refractivity (Wildman–Crippen MR) is 91.7 cm³/mol. The first-order valence-corrected chi connectivity index (χ1v) is 8.40. The quantitative estimate of drug-likeness (QED) is 0.891. The number of rotatable bonds is 5. The lowest BCUT2D eigenvalue weighted by Gasteiger charge is -2.40. The molecule has 0 saturated carbocycles. The summed E-state index contributed by atoms with van der Waals surface area (Å²) in [4.78, 5) is 4.99. The zero-order valence-corrected chi connectivity index (χ0v) is 14.5. The Morgan fingerprint density at radius 1 is 1.13 bits per heavy atom. The number of aromatic nitrogens is 4. The van der Waals surface area contributed by atoms with Gasteiger partial charge in [0.05, 0.1) is 0 Å². The molecule has 1 saturated heterocycles. The zero-order valence-electron chi connectivity index (χ0n) is 14.5. The number of nitrogens with one attached hydrogen (secondary N) is 1. The maximum Gasteiger partial charge on any atom is 0.178 e. The van der Waals surface area contributed by atoms with Gasteiger partial charge in [0.15, 0.2) is 11.5 Å². The summed E-state index contributed by atoms with van der Waals surface area (Å²) in [6, 6.07) is 4.45. The van der Waals surface area contributed by atoms with Crippen molar-refractivity contribution in [3.63, 3.8) is 0 Å². The molecule has 0 aliphatic carbocycles. The molecule has 2 aromatic rings. The van der Waals surface area contributed by atoms with Crippen LogP contribution in [0, 0.1) is 12.8 Å². The molecule has 0 aromatic carbocycles. The van der Waals surface area contributed by atoms with Crippen molar-refractivity contribution in [2.75, 3.05) is 45.1 Å². The number of piperazine rings is 1. The average Bonchev–Trinajstić information content (AvgIpc) is 2.90. The Kier molecular flexibility index (Phi) is 4.77. The maximum atomic E-state index is 4.58. The average molecular weight is 317 g/mol. The van der Waals surface area contributed by atoms with Crippen molar-refractivity contribution in [3.8, 4) is 0 Å². The molecule has 1 aliphatic rings. The summed E-state index contributed by atoms with van der Waals surface area (Å²) in [6.45, 7) is 12.0. The second kappa shape index (κ2) is 6.80. The van der Waals surface area contributed by atoms with Gasteiger partial charge >= 0.3 is 0 Å². The van der Waals surface area contributed by atoms with Crippen LogP contribution in [0.5, 0.6) is 0 Å². The summed E-state index contributed by atoms with van der Waals surface area (Å²) in [5, 5.41) is 16.2. The van der Waals surface area contributed by atoms with Crippen LogP contribution in [0.3, 0.4) is 0 Å². The van der Waals surface area contributed by atoms with Crippen LogP contribution in [-0.2, 0) is 0 Å². The van der Waals surface area contributed by atoms with Crippen LogP contribution >= 0.6 is 0 Å². The van der Waals surface area contributed by atoms with E-state index in [1.54, 1.807) is 4.52 Å². The van der Waals surface area contributed by atoms with E-state index in [2.05, 4.69) is 51.3 Å². The summed E-state index contributed by atoms with van der Waals surface area (Å²) >= 11 is 0. The fourth-order valence-corrected chi connectivity index (χ4v) is 3.14. The molecule has 3 heterocycles. The van der Waals surface area contributed by atoms with Crippen LogP contribution < -0.4 is 5.32 Å². The molecule has 3 rings (SSSR count). The van der Waals surface area contributed by atoms with Gasteiger partial charge in [0.1, 0.15) is 5.82 Å². The van der Waals surface area contributed by atoms with Crippen molar-refractivity contribution >= 4 is 11.5 Å². The van der Waals surface area contributed by atoms with E-state index < -0.39 is 0 Å². The van der Waals surface area contributed by atoms with Gasteiger partial charge in [-0.2, -0.15) is 4.52 Å². The third-order valence-electron chi connectivity index (χ3n) is 4.69. The van der Waals surface area contributed by atoms with Crippen molar-refractivity contribution in [2.24, 2.45) is 5.92 Å². The molecule has 1 unspecified atom stereocenters. The Bertz CT molecular complexity index is 643. The predicted octanol–water partition coefficient (Wildman–Crippen LogP) is 1.12. The van der Waals surface area contributed by atoms with E-state index in [-0.39, 0.29) is 0 Å². The van der Waals surface area contributed by atoms with E-state index in [1.807, 2.05) is 19.1 Å². The minimum Gasteiger partial charge on any atom is -0.367 e. The van der Waals surface area contributed by atoms with Crippen LogP contribution in [0.1, 0.15) is 19.7 Å². The summed E-state index contributed by atoms with van der Waals surface area (Å²) in [7, 11) is 2.20. The molecule has 1 N–H and O–H groups in total. The highest BCUT2D eigenvalue weighted by Gasteiger charge is 2.24. The first-order chi connectivity index (χ1) is 11.0. The third kappa shape index (κ3) is 3.61. The van der Waals surface area contributed by atoms with E-state index in [4.69, 9.17) is 0 Å². The smallest absolute Gasteiger partial charge is 0.178 e. The Morgan fingerprint density at radius 3 is 2.57 bits per heavy atom. The number of aryl methyl sites for hydroxylation is 1. The van der Waals surface area contributed by atoms with Crippen molar-refractivity contribution in [1.82, 2.24) is 29.6 Å². The SMILES string of the molecule is Cc1nnc2ccc(NCC(C(C)C)N3CCN(C)CC3)nn12. The zero-order chi connectivity index (χ0) is 16.4. The molecule has 0 spiro atoms. The molecular formula is C16H27N7. The molecule has 2 aromatic heterocycles. The summed E-state index contributed by atoms with van der Waals surface area (Å²) < 4.78 is 1.78. The highest BCUT2D eigenvalue weighted by molar-refractivity contribution is 5.43. The Morgan fingerprint density at radius 2 is 1.87 bits per heavy atom. The minimum absolute atomic E-state index is 0.517. The Balaban J connectivity index is 1.66. The van der Waals surface area contributed by atoms with Crippen LogP contribution in [0.15, 0.2) is 12.1 Å². The molecule has 0 bridgehead atoms. The second-order valence-electron chi connectivity index (χ2n) is 6.77. The maximum absolute atomic E-state index is 4.58. The largest absolute Gasteiger partial charge is 0.367 e. The summed E-state index contributed by atoms with van der Waals surface area (Å²) in [5.74, 6) is 2.29. The summed E-state index contributed by atoms with van der Waals surface area (Å²) in [6.07, 6.45) is 0. The van der Waals surface area contributed by atoms with E-state index in [0.29, 0.717) is 12.0 Å². The highest BCUT2D eigenvalue weighted by Crippen LogP contribution is 2.15. The standard InChI is InChI=1S/C16H27N7/c1-12(2)14(22-9-7-21(4)8-10-22)11-17-15-5-6-16-19-18-13(3)23(16)20-15/h5-6,12,14H,7-11H2,1-4H3,(H,17,20). The molecule has 126 valence electrons. The van der Waals surface area contributed by atoms with Gasteiger partial charge in [0.2, 0.25) is 0 Å². The van der Waals surface area contributed by atoms with E-state index >= 15 is 0 Å². The fourth-order valence-electron chi connectivity index (χ4n) is 3.14. The van der Waals surface area contributed by atoms with Crippen molar-refractivity contribution < 1.29 is 0 Å². The van der Waals surface area contributed by atoms with E-state index in [9.17, 15) is 0 Å². The number of likely N-dealkylation sites (N-methyl/N-ethyl adjacent to an activating group) is 1. The van der Waals surface area contributed by atoms with Gasteiger partial charge in [-0.05, 0) is 32.0 Å². The van der Waals surface area contributed by atoms with Crippen LogP contribution in [0.4, 0.5) is 5.82 Å². The minimum atomic E-state index is 0.517. The Hall–Kier alpha value is -1.73. The van der Waals surface area contributed by atoms with Crippen molar-refractivity contribution in [3.05, 3.63) is 18.0 Å². The Labute approximate surface area is 137 Å². The van der Waals surface area contributed by atoms with E-state index in [0.717, 1.165) is 50.0 Å². The number of anilines is 1. The number of fused-ring (bicyclic) bond motifs is 1. The topological polar surface area (TPSA) is 61.6 Å². The number of hydrogen-bond donors (Lipinski definition) is 1. The van der Waals surface area contributed by atoms with Gasteiger partial charge < -0.3 is 10.2 Å². The van der Waals surface area contributed by atoms with Gasteiger partial charge in [-0.3, -0.25) is 4.90 Å². The van der Waals surface area contributed by atoms with E-state index in [1.165, 1.54) is 0 Å². The first kappa shape index (κ1) is 16.1. The molecule has 1 aliphatic heterocycles. The van der Waals surface area contributed by atoms with Crippen molar-refractivity contribution in [2.45, 2.75) is 26.8 Å². The molecule has 0 amide bonds. The van der Waals surface area contributed by atoms with Gasteiger partial charge in [-0.1, -0.05) is 13.8 Å². The molecule has 7 heteroatoms. The van der Waals surface area contributed by atoms with Crippen LogP contribution in [0.25, 0.3) is 5.65 Å². The fraction of sp³-hybridized carbons (Fsp3) is 0.688. The molecular weight excluding hydrogens is 290 g/mol. The first-order valence-electron chi connectivity index (χ1n) is 8.40. The molecule has 23 heavy (non-hydrogen) atoms. The van der Waals surface area contributed by atoms with Crippen LogP contribution in [-0.4, -0.2) is 75.4 Å². The highest BCUT2D eigenvalue weighted by atomic mass is 15.4. The molecule has 1 atom stereocenters. The lowest BCUT2D eigenvalue weighted by molar-refractivity contribution is 0.0944. The monoisotopic (exact) mass is 317 g/mol. The van der Waals surface area contributed by atoms with Crippen molar-refractivity contribution in [1.29, 1.82) is 0 Å². The summed E-state index contributed by atoms with van der Waals surface area (Å²) in [5.41, 5.74) is 0.785. The lowest BCUT2D eigenvalue weighted by atomic mass is 10.0. The van der Waals surface area contributed by atoms with Gasteiger partial charge in [0.25, 0.3) is 0 Å². The molecule has 0 radical (unpaired) electrons. The second-order valence-corrected chi connectivity index (χ2v) is 6.77. The number of hydrogen-bond acceptors (Lipinski definition) is 6. The number of nitrogens with zero attached hydrogens (tertiary/aromatic N) is 6. The molecule has 7 nitrogen and oxygen atoms in total. The van der Waals surface area contributed by atoms with Gasteiger partial charge in [-0.15, -0.1) is 15.3 Å². The molecule has 1 fully saturated rings. The van der Waals surface area contributed by atoms with Crippen LogP contribution in [0.2, 0.25) is 0 Å². The normalized spacial score (nSPS) is 18.7. The lowest BCUT2D eigenvalue weighted by Crippen LogP contribution is -2.52.